The standard InChI is InChI=1S/C30H27N5O4/c1-3-39-30(38)21-9-14-24-25(17-21)33-29(37)27(24)28(20-7-5-4-6-8-20)32-22-10-12-23(13-11-22)34(2)26(36)18-35-16-15-31-19-35/h4-17,19,33,37H,3,18H2,1-2H3. The fourth-order valence-electron chi connectivity index (χ4n) is 4.29. The van der Waals surface area contributed by atoms with Crippen LogP contribution in [0.2, 0.25) is 0 Å². The number of aromatic nitrogens is 3. The molecule has 0 aliphatic heterocycles. The van der Waals surface area contributed by atoms with Gasteiger partial charge >= 0.3 is 5.97 Å². The van der Waals surface area contributed by atoms with Crippen LogP contribution in [0.3, 0.4) is 0 Å². The van der Waals surface area contributed by atoms with Crippen molar-refractivity contribution in [3.63, 3.8) is 0 Å². The van der Waals surface area contributed by atoms with Gasteiger partial charge in [-0.15, -0.1) is 0 Å². The van der Waals surface area contributed by atoms with Crippen LogP contribution in [-0.2, 0) is 16.1 Å². The summed E-state index contributed by atoms with van der Waals surface area (Å²) in [6, 6.07) is 22.0. The van der Waals surface area contributed by atoms with Crippen molar-refractivity contribution in [2.24, 2.45) is 4.99 Å². The number of aromatic hydroxyl groups is 1. The summed E-state index contributed by atoms with van der Waals surface area (Å²) in [7, 11) is 1.72. The first-order chi connectivity index (χ1) is 18.9. The molecule has 1 amide bonds. The molecule has 9 heteroatoms. The predicted octanol–water partition coefficient (Wildman–Crippen LogP) is 5.08. The number of likely N-dealkylation sites (N-methyl/N-ethyl adjacent to an activating group) is 1. The van der Waals surface area contributed by atoms with Crippen LogP contribution in [0.4, 0.5) is 11.4 Å². The minimum absolute atomic E-state index is 0.0601. The fourth-order valence-corrected chi connectivity index (χ4v) is 4.29. The number of rotatable bonds is 8. The number of imidazole rings is 1. The third kappa shape index (κ3) is 5.42. The number of carbonyl (C=O) groups excluding carboxylic acids is 2. The molecule has 2 aromatic heterocycles. The zero-order valence-electron chi connectivity index (χ0n) is 21.5. The smallest absolute Gasteiger partial charge is 0.338 e. The summed E-state index contributed by atoms with van der Waals surface area (Å²) >= 11 is 0. The molecule has 5 aromatic rings. The van der Waals surface area contributed by atoms with Crippen LogP contribution in [0.5, 0.6) is 5.88 Å². The molecule has 0 bridgehead atoms. The molecule has 196 valence electrons. The Balaban J connectivity index is 1.50. The number of amides is 1. The van der Waals surface area contributed by atoms with Gasteiger partial charge in [-0.25, -0.2) is 14.8 Å². The highest BCUT2D eigenvalue weighted by Gasteiger charge is 2.20. The number of esters is 1. The lowest BCUT2D eigenvalue weighted by atomic mass is 10.00. The molecule has 0 atom stereocenters. The topological polar surface area (TPSA) is 113 Å². The minimum Gasteiger partial charge on any atom is -0.494 e. The van der Waals surface area contributed by atoms with Gasteiger partial charge in [0.25, 0.3) is 0 Å². The molecule has 5 rings (SSSR count). The van der Waals surface area contributed by atoms with Crippen LogP contribution in [0, 0.1) is 0 Å². The van der Waals surface area contributed by atoms with Gasteiger partial charge in [0, 0.05) is 41.6 Å². The number of nitrogens with one attached hydrogen (secondary N) is 1. The zero-order valence-corrected chi connectivity index (χ0v) is 21.5. The maximum absolute atomic E-state index is 12.7. The van der Waals surface area contributed by atoms with Gasteiger partial charge < -0.3 is 24.3 Å². The molecule has 3 aromatic carbocycles. The third-order valence-electron chi connectivity index (χ3n) is 6.30. The van der Waals surface area contributed by atoms with Gasteiger partial charge in [0.05, 0.1) is 35.5 Å². The zero-order chi connectivity index (χ0) is 27.4. The van der Waals surface area contributed by atoms with Crippen molar-refractivity contribution in [3.8, 4) is 5.88 Å². The summed E-state index contributed by atoms with van der Waals surface area (Å²) in [6.07, 6.45) is 4.98. The van der Waals surface area contributed by atoms with Crippen molar-refractivity contribution in [2.45, 2.75) is 13.5 Å². The Morgan fingerprint density at radius 2 is 1.82 bits per heavy atom. The van der Waals surface area contributed by atoms with Gasteiger partial charge in [-0.2, -0.15) is 0 Å². The van der Waals surface area contributed by atoms with Gasteiger partial charge in [-0.05, 0) is 43.3 Å². The molecular weight excluding hydrogens is 494 g/mol. The number of hydrogen-bond donors (Lipinski definition) is 2. The van der Waals surface area contributed by atoms with Crippen molar-refractivity contribution in [2.75, 3.05) is 18.6 Å². The van der Waals surface area contributed by atoms with Crippen LogP contribution in [0.15, 0.2) is 96.5 Å². The summed E-state index contributed by atoms with van der Waals surface area (Å²) < 4.78 is 6.82. The minimum atomic E-state index is -0.430. The lowest BCUT2D eigenvalue weighted by Gasteiger charge is -2.17. The van der Waals surface area contributed by atoms with Crippen molar-refractivity contribution in [1.82, 2.24) is 14.5 Å². The SMILES string of the molecule is CCOC(=O)c1ccc2c(C(=Nc3ccc(N(C)C(=O)Cn4ccnc4)cc3)c3ccccc3)c(O)[nH]c2c1. The second kappa shape index (κ2) is 11.1. The number of ether oxygens (including phenoxy) is 1. The van der Waals surface area contributed by atoms with E-state index in [4.69, 9.17) is 9.73 Å². The molecule has 0 saturated carbocycles. The van der Waals surface area contributed by atoms with Gasteiger partial charge in [0.15, 0.2) is 5.88 Å². The average Bonchev–Trinajstić information content (AvgIpc) is 3.58. The molecule has 0 spiro atoms. The first-order valence-corrected chi connectivity index (χ1v) is 12.4. The molecule has 0 aliphatic carbocycles. The van der Waals surface area contributed by atoms with Crippen LogP contribution in [-0.4, -0.2) is 50.9 Å². The number of benzene rings is 3. The number of carbonyl (C=O) groups is 2. The molecule has 0 aliphatic rings. The number of fused-ring (bicyclic) bond motifs is 1. The number of hydrogen-bond acceptors (Lipinski definition) is 6. The Labute approximate surface area is 225 Å². The molecule has 0 fully saturated rings. The Morgan fingerprint density at radius 3 is 2.51 bits per heavy atom. The van der Waals surface area contributed by atoms with E-state index in [0.29, 0.717) is 33.4 Å². The summed E-state index contributed by atoms with van der Waals surface area (Å²) in [6.45, 7) is 2.21. The Morgan fingerprint density at radius 1 is 1.05 bits per heavy atom. The first-order valence-electron chi connectivity index (χ1n) is 12.4. The molecule has 0 radical (unpaired) electrons. The van der Waals surface area contributed by atoms with Gasteiger partial charge in [0.1, 0.15) is 6.54 Å². The number of anilines is 1. The lowest BCUT2D eigenvalue weighted by Crippen LogP contribution is -2.29. The van der Waals surface area contributed by atoms with E-state index in [1.807, 2.05) is 54.6 Å². The van der Waals surface area contributed by atoms with Crippen LogP contribution in [0.1, 0.15) is 28.4 Å². The van der Waals surface area contributed by atoms with E-state index in [1.54, 1.807) is 60.4 Å². The fraction of sp³-hybridized carbons (Fsp3) is 0.133. The van der Waals surface area contributed by atoms with E-state index in [2.05, 4.69) is 9.97 Å². The van der Waals surface area contributed by atoms with Crippen LogP contribution in [0.25, 0.3) is 10.9 Å². The number of aliphatic imine (C=N–C) groups is 1. The molecule has 2 N–H and O–H groups in total. The molecule has 0 unspecified atom stereocenters. The largest absolute Gasteiger partial charge is 0.494 e. The van der Waals surface area contributed by atoms with E-state index in [9.17, 15) is 14.7 Å². The number of nitrogens with zero attached hydrogens (tertiary/aromatic N) is 4. The normalized spacial score (nSPS) is 11.5. The first kappa shape index (κ1) is 25.5. The van der Waals surface area contributed by atoms with Crippen molar-refractivity contribution in [1.29, 1.82) is 0 Å². The lowest BCUT2D eigenvalue weighted by molar-refractivity contribution is -0.118. The van der Waals surface area contributed by atoms with Crippen molar-refractivity contribution >= 4 is 39.9 Å². The highest BCUT2D eigenvalue weighted by molar-refractivity contribution is 6.22. The van der Waals surface area contributed by atoms with E-state index < -0.39 is 5.97 Å². The average molecular weight is 522 g/mol. The second-order valence-electron chi connectivity index (χ2n) is 8.86. The van der Waals surface area contributed by atoms with Crippen LogP contribution < -0.4 is 4.90 Å². The third-order valence-corrected chi connectivity index (χ3v) is 6.30. The van der Waals surface area contributed by atoms with E-state index >= 15 is 0 Å². The maximum atomic E-state index is 12.7. The van der Waals surface area contributed by atoms with Gasteiger partial charge in [-0.1, -0.05) is 36.4 Å². The molecule has 2 heterocycles. The quantitative estimate of drug-likeness (QED) is 0.218. The second-order valence-corrected chi connectivity index (χ2v) is 8.86. The van der Waals surface area contributed by atoms with Gasteiger partial charge in [-0.3, -0.25) is 4.79 Å². The molecule has 39 heavy (non-hydrogen) atoms. The highest BCUT2D eigenvalue weighted by Crippen LogP contribution is 2.32. The van der Waals surface area contributed by atoms with Crippen molar-refractivity contribution < 1.29 is 19.4 Å². The highest BCUT2D eigenvalue weighted by atomic mass is 16.5. The van der Waals surface area contributed by atoms with Crippen molar-refractivity contribution in [3.05, 3.63) is 108 Å². The maximum Gasteiger partial charge on any atom is 0.338 e. The summed E-state index contributed by atoms with van der Waals surface area (Å²) in [4.78, 5) is 38.3. The summed E-state index contributed by atoms with van der Waals surface area (Å²) in [5.41, 5.74) is 4.22. The van der Waals surface area contributed by atoms with E-state index in [1.165, 1.54) is 0 Å². The van der Waals surface area contributed by atoms with E-state index in [-0.39, 0.29) is 24.9 Å². The molecule has 9 nitrogen and oxygen atoms in total. The van der Waals surface area contributed by atoms with E-state index in [0.717, 1.165) is 11.3 Å². The number of aromatic amines is 1. The Kier molecular flexibility index (Phi) is 7.22. The molecular formula is C30H27N5O4. The summed E-state index contributed by atoms with van der Waals surface area (Å²) in [5.74, 6) is -0.573. The predicted molar refractivity (Wildman–Crippen MR) is 150 cm³/mol. The monoisotopic (exact) mass is 521 g/mol. The molecule has 0 saturated heterocycles. The Bertz CT molecular complexity index is 1640. The number of H-pyrrole nitrogens is 1. The Hall–Kier alpha value is -5.18. The summed E-state index contributed by atoms with van der Waals surface area (Å²) in [5, 5.41) is 11.7. The van der Waals surface area contributed by atoms with Crippen LogP contribution >= 0.6 is 0 Å². The van der Waals surface area contributed by atoms with Gasteiger partial charge in [0.2, 0.25) is 5.91 Å².